The number of hydrogen-bond acceptors (Lipinski definition) is 4. The predicted octanol–water partition coefficient (Wildman–Crippen LogP) is 7.67. The molecule has 2 aliphatic heterocycles. The molecule has 1 spiro atoms. The average molecular weight is 586 g/mol. The second-order valence-corrected chi connectivity index (χ2v) is 12.1. The standard InChI is InChI=1S/C34H30F3N3OS/c1-23-19-25(12-15-38-23)33(41)40-22-34(29-21-28(9-11-32(29)40)42-27-7-5-26(35)6-8-27)13-17-39(18-14-34)16-2-3-24-4-10-30(36)31(37)20-24/h2-12,15,19-21H,13-14,16-18,22H2,1H3/b3-2+. The van der Waals surface area contributed by atoms with Crippen molar-refractivity contribution in [2.75, 3.05) is 31.1 Å². The highest BCUT2D eigenvalue weighted by molar-refractivity contribution is 7.99. The van der Waals surface area contributed by atoms with Gasteiger partial charge in [-0.3, -0.25) is 14.7 Å². The number of anilines is 1. The Morgan fingerprint density at radius 2 is 1.69 bits per heavy atom. The molecule has 0 unspecified atom stereocenters. The van der Waals surface area contributed by atoms with Crippen molar-refractivity contribution in [3.05, 3.63) is 125 Å². The summed E-state index contributed by atoms with van der Waals surface area (Å²) >= 11 is 1.58. The SMILES string of the molecule is Cc1cc(C(=O)N2CC3(CCN(C/C=C/c4ccc(F)c(F)c4)CC3)c3cc(Sc4ccc(F)cc4)ccc32)ccn1. The van der Waals surface area contributed by atoms with E-state index in [1.165, 1.54) is 23.8 Å². The number of piperidine rings is 1. The maximum atomic E-state index is 13.8. The second kappa shape index (κ2) is 11.8. The third-order valence-corrected chi connectivity index (χ3v) is 9.16. The number of fused-ring (bicyclic) bond motifs is 2. The molecule has 0 saturated carbocycles. The fourth-order valence-corrected chi connectivity index (χ4v) is 6.77. The largest absolute Gasteiger partial charge is 0.307 e. The molecule has 8 heteroatoms. The third kappa shape index (κ3) is 5.87. The van der Waals surface area contributed by atoms with Gasteiger partial charge in [0.1, 0.15) is 5.82 Å². The lowest BCUT2D eigenvalue weighted by Crippen LogP contribution is -2.46. The van der Waals surface area contributed by atoms with Crippen LogP contribution >= 0.6 is 11.8 Å². The Kier molecular flexibility index (Phi) is 7.92. The molecule has 1 saturated heterocycles. The number of hydrogen-bond donors (Lipinski definition) is 0. The van der Waals surface area contributed by atoms with Crippen molar-refractivity contribution in [3.63, 3.8) is 0 Å². The Morgan fingerprint density at radius 3 is 2.43 bits per heavy atom. The van der Waals surface area contributed by atoms with E-state index in [1.54, 1.807) is 42.2 Å². The number of nitrogens with zero attached hydrogens (tertiary/aromatic N) is 3. The minimum absolute atomic E-state index is 0.0329. The van der Waals surface area contributed by atoms with E-state index in [-0.39, 0.29) is 17.1 Å². The maximum Gasteiger partial charge on any atom is 0.258 e. The zero-order chi connectivity index (χ0) is 29.3. The van der Waals surface area contributed by atoms with Gasteiger partial charge in [0.2, 0.25) is 0 Å². The minimum atomic E-state index is -0.852. The number of carbonyl (C=O) groups is 1. The molecule has 214 valence electrons. The van der Waals surface area contributed by atoms with Gasteiger partial charge >= 0.3 is 0 Å². The lowest BCUT2D eigenvalue weighted by Gasteiger charge is -2.39. The highest BCUT2D eigenvalue weighted by Crippen LogP contribution is 2.49. The van der Waals surface area contributed by atoms with Crippen molar-refractivity contribution in [1.29, 1.82) is 0 Å². The van der Waals surface area contributed by atoms with E-state index in [9.17, 15) is 18.0 Å². The van der Waals surface area contributed by atoms with Gasteiger partial charge in [0, 0.05) is 51.4 Å². The Morgan fingerprint density at radius 1 is 0.929 bits per heavy atom. The maximum absolute atomic E-state index is 13.8. The summed E-state index contributed by atoms with van der Waals surface area (Å²) in [5.74, 6) is -2.00. The molecule has 0 radical (unpaired) electrons. The van der Waals surface area contributed by atoms with Gasteiger partial charge in [0.15, 0.2) is 11.6 Å². The fraction of sp³-hybridized carbons (Fsp3) is 0.235. The third-order valence-electron chi connectivity index (χ3n) is 8.16. The quantitative estimate of drug-likeness (QED) is 0.233. The molecule has 4 aromatic rings. The molecular weight excluding hydrogens is 555 g/mol. The summed E-state index contributed by atoms with van der Waals surface area (Å²) in [5, 5.41) is 0. The second-order valence-electron chi connectivity index (χ2n) is 11.0. The van der Waals surface area contributed by atoms with Crippen LogP contribution in [-0.4, -0.2) is 42.0 Å². The van der Waals surface area contributed by atoms with E-state index >= 15 is 0 Å². The molecule has 1 amide bonds. The zero-order valence-electron chi connectivity index (χ0n) is 23.2. The van der Waals surface area contributed by atoms with Crippen molar-refractivity contribution in [2.24, 2.45) is 0 Å². The number of aromatic nitrogens is 1. The molecule has 3 aromatic carbocycles. The number of pyridine rings is 1. The fourth-order valence-electron chi connectivity index (χ4n) is 5.91. The summed E-state index contributed by atoms with van der Waals surface area (Å²) in [4.78, 5) is 24.3. The highest BCUT2D eigenvalue weighted by Gasteiger charge is 2.46. The summed E-state index contributed by atoms with van der Waals surface area (Å²) in [6, 6.07) is 20.2. The van der Waals surface area contributed by atoms with Gasteiger partial charge in [-0.2, -0.15) is 0 Å². The van der Waals surface area contributed by atoms with Crippen LogP contribution in [0.3, 0.4) is 0 Å². The van der Waals surface area contributed by atoms with Crippen LogP contribution in [0.1, 0.15) is 40.0 Å². The summed E-state index contributed by atoms with van der Waals surface area (Å²) in [7, 11) is 0. The zero-order valence-corrected chi connectivity index (χ0v) is 24.0. The number of aryl methyl sites for hydroxylation is 1. The Balaban J connectivity index is 1.23. The first-order valence-electron chi connectivity index (χ1n) is 14.0. The van der Waals surface area contributed by atoms with Gasteiger partial charge in [-0.05, 0) is 111 Å². The Labute approximate surface area is 247 Å². The molecular formula is C34H30F3N3OS. The molecule has 1 fully saturated rings. The molecule has 0 bridgehead atoms. The van der Waals surface area contributed by atoms with Crippen molar-refractivity contribution in [2.45, 2.75) is 35.0 Å². The van der Waals surface area contributed by atoms with E-state index < -0.39 is 11.6 Å². The summed E-state index contributed by atoms with van der Waals surface area (Å²) in [5.41, 5.74) is 3.96. The van der Waals surface area contributed by atoms with E-state index in [1.807, 2.05) is 42.2 Å². The predicted molar refractivity (Wildman–Crippen MR) is 160 cm³/mol. The number of benzene rings is 3. The van der Waals surface area contributed by atoms with E-state index in [0.29, 0.717) is 24.2 Å². The van der Waals surface area contributed by atoms with Crippen LogP contribution in [0.25, 0.3) is 6.08 Å². The molecule has 42 heavy (non-hydrogen) atoms. The number of amides is 1. The van der Waals surface area contributed by atoms with E-state index in [2.05, 4.69) is 16.0 Å². The molecule has 0 N–H and O–H groups in total. The monoisotopic (exact) mass is 585 g/mol. The van der Waals surface area contributed by atoms with Gasteiger partial charge in [-0.1, -0.05) is 30.0 Å². The summed E-state index contributed by atoms with van der Waals surface area (Å²) < 4.78 is 40.3. The Hall–Kier alpha value is -3.88. The molecule has 6 rings (SSSR count). The molecule has 0 aliphatic carbocycles. The molecule has 0 atom stereocenters. The van der Waals surface area contributed by atoms with E-state index in [4.69, 9.17) is 0 Å². The normalized spacial score (nSPS) is 16.3. The van der Waals surface area contributed by atoms with Crippen molar-refractivity contribution in [3.8, 4) is 0 Å². The molecule has 4 nitrogen and oxygen atoms in total. The van der Waals surface area contributed by atoms with Crippen LogP contribution in [0, 0.1) is 24.4 Å². The van der Waals surface area contributed by atoms with Crippen LogP contribution in [0.4, 0.5) is 18.9 Å². The topological polar surface area (TPSA) is 36.4 Å². The molecule has 1 aromatic heterocycles. The molecule has 2 aliphatic rings. The van der Waals surface area contributed by atoms with Crippen molar-refractivity contribution < 1.29 is 18.0 Å². The minimum Gasteiger partial charge on any atom is -0.307 e. The highest BCUT2D eigenvalue weighted by atomic mass is 32.2. The van der Waals surface area contributed by atoms with E-state index in [0.717, 1.165) is 53.2 Å². The molecule has 3 heterocycles. The van der Waals surface area contributed by atoms with Gasteiger partial charge in [0.05, 0.1) is 0 Å². The van der Waals surface area contributed by atoms with Gasteiger partial charge in [0.25, 0.3) is 5.91 Å². The number of halogens is 3. The average Bonchev–Trinajstić information content (AvgIpc) is 3.30. The van der Waals surface area contributed by atoms with Crippen LogP contribution in [0.15, 0.2) is 94.9 Å². The number of rotatable bonds is 6. The lowest BCUT2D eigenvalue weighted by atomic mass is 9.74. The smallest absolute Gasteiger partial charge is 0.258 e. The summed E-state index contributed by atoms with van der Waals surface area (Å²) in [6.07, 6.45) is 7.22. The number of carbonyl (C=O) groups excluding carboxylic acids is 1. The first-order valence-corrected chi connectivity index (χ1v) is 14.8. The van der Waals surface area contributed by atoms with Gasteiger partial charge in [-0.15, -0.1) is 0 Å². The first kappa shape index (κ1) is 28.2. The summed E-state index contributed by atoms with van der Waals surface area (Å²) in [6.45, 7) is 4.86. The van der Waals surface area contributed by atoms with Crippen LogP contribution in [0.2, 0.25) is 0 Å². The van der Waals surface area contributed by atoms with Crippen LogP contribution in [0.5, 0.6) is 0 Å². The van der Waals surface area contributed by atoms with Gasteiger partial charge < -0.3 is 4.90 Å². The lowest BCUT2D eigenvalue weighted by molar-refractivity contribution is 0.0977. The van der Waals surface area contributed by atoms with Crippen LogP contribution in [-0.2, 0) is 5.41 Å². The van der Waals surface area contributed by atoms with Crippen molar-refractivity contribution >= 4 is 29.4 Å². The van der Waals surface area contributed by atoms with Crippen LogP contribution < -0.4 is 4.90 Å². The Bertz CT molecular complexity index is 1650. The van der Waals surface area contributed by atoms with Gasteiger partial charge in [-0.25, -0.2) is 13.2 Å². The van der Waals surface area contributed by atoms with Crippen molar-refractivity contribution in [1.82, 2.24) is 9.88 Å². The first-order chi connectivity index (χ1) is 20.3. The number of likely N-dealkylation sites (tertiary alicyclic amines) is 1.